The quantitative estimate of drug-likeness (QED) is 0.689. The lowest BCUT2D eigenvalue weighted by molar-refractivity contribution is 0.100. The Morgan fingerprint density at radius 2 is 2.07 bits per heavy atom. The Kier molecular flexibility index (Phi) is 3.33. The minimum absolute atomic E-state index is 0.0706. The minimum Gasteiger partial charge on any atom is -0.291 e. The number of hydrogen-bond donors (Lipinski definition) is 0. The van der Waals surface area contributed by atoms with Crippen molar-refractivity contribution in [2.24, 2.45) is 5.92 Å². The van der Waals surface area contributed by atoms with Gasteiger partial charge in [0.15, 0.2) is 11.6 Å². The van der Waals surface area contributed by atoms with Gasteiger partial charge in [0.25, 0.3) is 0 Å². The third kappa shape index (κ3) is 2.91. The number of nitrogens with zero attached hydrogens (tertiary/aromatic N) is 2. The third-order valence-corrected chi connectivity index (χ3v) is 1.84. The average Bonchev–Trinajstić information content (AvgIpc) is 2.01. The van der Waals surface area contributed by atoms with E-state index < -0.39 is 0 Å². The zero-order chi connectivity index (χ0) is 10.7. The molecule has 0 unspecified atom stereocenters. The predicted octanol–water partition coefficient (Wildman–Crippen LogP) is 2.19. The first-order chi connectivity index (χ1) is 6.49. The normalized spacial score (nSPS) is 10.6. The number of carbonyl (C=O) groups excluding carboxylic acids is 1. The monoisotopic (exact) mass is 192 g/mol. The van der Waals surface area contributed by atoms with E-state index in [9.17, 15) is 4.79 Å². The lowest BCUT2D eigenvalue weighted by atomic mass is 10.1. The molecule has 0 aromatic carbocycles. The summed E-state index contributed by atoms with van der Waals surface area (Å²) in [5.74, 6) is 0.809. The molecule has 3 heteroatoms. The summed E-state index contributed by atoms with van der Waals surface area (Å²) in [5, 5.41) is 0. The van der Waals surface area contributed by atoms with Crippen molar-refractivity contribution in [1.29, 1.82) is 0 Å². The first-order valence-electron chi connectivity index (χ1n) is 4.84. The van der Waals surface area contributed by atoms with Crippen LogP contribution in [-0.4, -0.2) is 15.8 Å². The summed E-state index contributed by atoms with van der Waals surface area (Å²) < 4.78 is 0. The van der Waals surface area contributed by atoms with Gasteiger partial charge in [-0.05, 0) is 25.3 Å². The second-order valence-electron chi connectivity index (χ2n) is 3.98. The molecule has 0 saturated heterocycles. The lowest BCUT2D eigenvalue weighted by Crippen LogP contribution is -2.07. The summed E-state index contributed by atoms with van der Waals surface area (Å²) in [7, 11) is 0. The highest BCUT2D eigenvalue weighted by atomic mass is 16.1. The van der Waals surface area contributed by atoms with Gasteiger partial charge in [-0.25, -0.2) is 9.97 Å². The van der Waals surface area contributed by atoms with Gasteiger partial charge in [0.2, 0.25) is 0 Å². The van der Waals surface area contributed by atoms with Crippen molar-refractivity contribution in [3.63, 3.8) is 0 Å². The Balaban J connectivity index is 3.01. The molecule has 14 heavy (non-hydrogen) atoms. The van der Waals surface area contributed by atoms with Crippen LogP contribution in [0.3, 0.4) is 0 Å². The summed E-state index contributed by atoms with van der Waals surface area (Å²) in [6, 6.07) is 1.94. The second kappa shape index (κ2) is 4.31. The van der Waals surface area contributed by atoms with Crippen molar-refractivity contribution in [2.75, 3.05) is 0 Å². The number of Topliss-reactive ketones (excluding diaryl/α,β-unsaturated/α-hetero) is 1. The Bertz CT molecular complexity index is 345. The van der Waals surface area contributed by atoms with E-state index in [1.54, 1.807) is 0 Å². The number of aryl methyl sites for hydroxylation is 1. The maximum Gasteiger partial charge on any atom is 0.196 e. The molecule has 0 N–H and O–H groups in total. The van der Waals surface area contributed by atoms with Crippen LogP contribution < -0.4 is 0 Å². The Morgan fingerprint density at radius 3 is 2.57 bits per heavy atom. The molecule has 0 spiro atoms. The molecule has 0 fully saturated rings. The Morgan fingerprint density at radius 1 is 1.43 bits per heavy atom. The molecule has 3 nitrogen and oxygen atoms in total. The van der Waals surface area contributed by atoms with E-state index in [4.69, 9.17) is 0 Å². The first kappa shape index (κ1) is 10.8. The van der Waals surface area contributed by atoms with Gasteiger partial charge in [-0.2, -0.15) is 0 Å². The van der Waals surface area contributed by atoms with Gasteiger partial charge < -0.3 is 0 Å². The number of hydrogen-bond acceptors (Lipinski definition) is 3. The van der Waals surface area contributed by atoms with Crippen LogP contribution in [0.15, 0.2) is 6.07 Å². The highest BCUT2D eigenvalue weighted by Gasteiger charge is 2.07. The van der Waals surface area contributed by atoms with Gasteiger partial charge in [-0.15, -0.1) is 0 Å². The molecule has 0 saturated carbocycles. The largest absolute Gasteiger partial charge is 0.291 e. The summed E-state index contributed by atoms with van der Waals surface area (Å²) in [6.07, 6.45) is 0.892. The summed E-state index contributed by atoms with van der Waals surface area (Å²) >= 11 is 0. The van der Waals surface area contributed by atoms with Crippen LogP contribution >= 0.6 is 0 Å². The molecule has 1 aromatic rings. The predicted molar refractivity (Wildman–Crippen MR) is 55.3 cm³/mol. The smallest absolute Gasteiger partial charge is 0.196 e. The van der Waals surface area contributed by atoms with Crippen LogP contribution in [0.25, 0.3) is 0 Å². The second-order valence-corrected chi connectivity index (χ2v) is 3.98. The summed E-state index contributed by atoms with van der Waals surface area (Å²) in [5.41, 5.74) is 1.82. The SMILES string of the molecule is CC(=O)c1nc(C)cc(CC(C)C)n1. The van der Waals surface area contributed by atoms with Crippen molar-refractivity contribution in [3.05, 3.63) is 23.3 Å². The van der Waals surface area contributed by atoms with Gasteiger partial charge in [0.05, 0.1) is 0 Å². The number of ketones is 1. The number of carbonyl (C=O) groups is 1. The molecular weight excluding hydrogens is 176 g/mol. The van der Waals surface area contributed by atoms with Crippen LogP contribution in [-0.2, 0) is 6.42 Å². The van der Waals surface area contributed by atoms with Crippen molar-refractivity contribution in [3.8, 4) is 0 Å². The van der Waals surface area contributed by atoms with Crippen LogP contribution in [0, 0.1) is 12.8 Å². The van der Waals surface area contributed by atoms with Crippen molar-refractivity contribution >= 4 is 5.78 Å². The van der Waals surface area contributed by atoms with Crippen LogP contribution in [0.2, 0.25) is 0 Å². The molecule has 0 aliphatic heterocycles. The van der Waals surface area contributed by atoms with E-state index >= 15 is 0 Å². The van der Waals surface area contributed by atoms with E-state index in [2.05, 4.69) is 23.8 Å². The summed E-state index contributed by atoms with van der Waals surface area (Å²) in [6.45, 7) is 7.64. The summed E-state index contributed by atoms with van der Waals surface area (Å²) in [4.78, 5) is 19.4. The fourth-order valence-electron chi connectivity index (χ4n) is 1.31. The van der Waals surface area contributed by atoms with E-state index in [0.717, 1.165) is 17.8 Å². The molecule has 0 aliphatic rings. The third-order valence-electron chi connectivity index (χ3n) is 1.84. The van der Waals surface area contributed by atoms with Crippen LogP contribution in [0.5, 0.6) is 0 Å². The molecule has 0 amide bonds. The highest BCUT2D eigenvalue weighted by Crippen LogP contribution is 2.07. The standard InChI is InChI=1S/C11H16N2O/c1-7(2)5-10-6-8(3)12-11(13-10)9(4)14/h6-7H,5H2,1-4H3. The van der Waals surface area contributed by atoms with E-state index in [-0.39, 0.29) is 5.78 Å². The molecule has 0 radical (unpaired) electrons. The van der Waals surface area contributed by atoms with E-state index in [0.29, 0.717) is 11.7 Å². The molecule has 1 heterocycles. The molecular formula is C11H16N2O. The van der Waals surface area contributed by atoms with Crippen molar-refractivity contribution < 1.29 is 4.79 Å². The molecule has 0 aliphatic carbocycles. The highest BCUT2D eigenvalue weighted by molar-refractivity contribution is 5.90. The minimum atomic E-state index is -0.0706. The molecule has 0 bridgehead atoms. The fourth-order valence-corrected chi connectivity index (χ4v) is 1.31. The number of aromatic nitrogens is 2. The van der Waals surface area contributed by atoms with Crippen molar-refractivity contribution in [2.45, 2.75) is 34.1 Å². The maximum atomic E-state index is 11.1. The van der Waals surface area contributed by atoms with Crippen molar-refractivity contribution in [1.82, 2.24) is 9.97 Å². The number of rotatable bonds is 3. The van der Waals surface area contributed by atoms with Gasteiger partial charge in [0, 0.05) is 18.3 Å². The van der Waals surface area contributed by atoms with Gasteiger partial charge >= 0.3 is 0 Å². The maximum absolute atomic E-state index is 11.1. The van der Waals surface area contributed by atoms with Crippen LogP contribution in [0.4, 0.5) is 0 Å². The molecule has 1 aromatic heterocycles. The topological polar surface area (TPSA) is 42.9 Å². The molecule has 0 atom stereocenters. The average molecular weight is 192 g/mol. The zero-order valence-corrected chi connectivity index (χ0v) is 9.16. The Labute approximate surface area is 84.6 Å². The van der Waals surface area contributed by atoms with Gasteiger partial charge in [-0.3, -0.25) is 4.79 Å². The molecule has 76 valence electrons. The van der Waals surface area contributed by atoms with Crippen LogP contribution in [0.1, 0.15) is 42.8 Å². The van der Waals surface area contributed by atoms with E-state index in [1.807, 2.05) is 13.0 Å². The molecule has 1 rings (SSSR count). The van der Waals surface area contributed by atoms with Gasteiger partial charge in [-0.1, -0.05) is 13.8 Å². The van der Waals surface area contributed by atoms with E-state index in [1.165, 1.54) is 6.92 Å². The fraction of sp³-hybridized carbons (Fsp3) is 0.545. The lowest BCUT2D eigenvalue weighted by Gasteiger charge is -2.06. The first-order valence-corrected chi connectivity index (χ1v) is 4.84. The van der Waals surface area contributed by atoms with Gasteiger partial charge in [0.1, 0.15) is 0 Å². The zero-order valence-electron chi connectivity index (χ0n) is 9.16. The Hall–Kier alpha value is -1.25.